The molecule has 0 spiro atoms. The van der Waals surface area contributed by atoms with Crippen LogP contribution in [0.4, 0.5) is 0 Å². The Morgan fingerprint density at radius 1 is 1.21 bits per heavy atom. The van der Waals surface area contributed by atoms with E-state index in [2.05, 4.69) is 23.8 Å². The first-order valence-electron chi connectivity index (χ1n) is 9.22. The Labute approximate surface area is 174 Å². The predicted molar refractivity (Wildman–Crippen MR) is 112 cm³/mol. The highest BCUT2D eigenvalue weighted by molar-refractivity contribution is 7.99. The van der Waals surface area contributed by atoms with E-state index in [0.717, 1.165) is 27.1 Å². The number of nitrogens with zero attached hydrogens (tertiary/aromatic N) is 2. The van der Waals surface area contributed by atoms with Gasteiger partial charge in [0.25, 0.3) is 0 Å². The molecule has 0 bridgehead atoms. The normalized spacial score (nSPS) is 12.5. The lowest BCUT2D eigenvalue weighted by Crippen LogP contribution is -2.13. The van der Waals surface area contributed by atoms with Crippen LogP contribution in [0.15, 0.2) is 58.6 Å². The summed E-state index contributed by atoms with van der Waals surface area (Å²) in [6.45, 7) is 4.43. The molecule has 0 radical (unpaired) electrons. The van der Waals surface area contributed by atoms with Crippen LogP contribution in [0.2, 0.25) is 5.02 Å². The SMILES string of the molecule is CC(C)c1nc(C(Cc2ccccn2)OCCO)[nH]c1Sc1cccc(Cl)c1. The molecule has 3 aromatic rings. The molecule has 1 aromatic carbocycles. The molecule has 0 amide bonds. The zero-order chi connectivity index (χ0) is 19.9. The summed E-state index contributed by atoms with van der Waals surface area (Å²) < 4.78 is 5.88. The Bertz CT molecular complexity index is 886. The van der Waals surface area contributed by atoms with Gasteiger partial charge in [-0.05, 0) is 36.2 Å². The monoisotopic (exact) mass is 417 g/mol. The van der Waals surface area contributed by atoms with Gasteiger partial charge in [-0.2, -0.15) is 0 Å². The second-order valence-electron chi connectivity index (χ2n) is 6.66. The molecule has 3 rings (SSSR count). The number of halogens is 1. The molecule has 2 aromatic heterocycles. The zero-order valence-electron chi connectivity index (χ0n) is 15.9. The fourth-order valence-electron chi connectivity index (χ4n) is 2.80. The van der Waals surface area contributed by atoms with Crippen molar-refractivity contribution in [1.82, 2.24) is 15.0 Å². The van der Waals surface area contributed by atoms with Crippen LogP contribution in [0.25, 0.3) is 0 Å². The van der Waals surface area contributed by atoms with Gasteiger partial charge in [-0.1, -0.05) is 49.3 Å². The second-order valence-corrected chi connectivity index (χ2v) is 8.18. The number of aliphatic hydroxyl groups excluding tert-OH is 1. The Morgan fingerprint density at radius 3 is 2.75 bits per heavy atom. The van der Waals surface area contributed by atoms with E-state index in [-0.39, 0.29) is 25.2 Å². The van der Waals surface area contributed by atoms with E-state index in [9.17, 15) is 5.11 Å². The number of aromatic amines is 1. The van der Waals surface area contributed by atoms with Gasteiger partial charge in [0.15, 0.2) is 0 Å². The van der Waals surface area contributed by atoms with Gasteiger partial charge in [-0.3, -0.25) is 4.98 Å². The van der Waals surface area contributed by atoms with Crippen molar-refractivity contribution in [2.24, 2.45) is 0 Å². The molecule has 0 aliphatic rings. The maximum atomic E-state index is 9.21. The van der Waals surface area contributed by atoms with Crippen molar-refractivity contribution in [2.75, 3.05) is 13.2 Å². The molecule has 1 unspecified atom stereocenters. The molecule has 2 heterocycles. The third kappa shape index (κ3) is 5.58. The van der Waals surface area contributed by atoms with Crippen LogP contribution < -0.4 is 0 Å². The molecular formula is C21H24ClN3O2S. The van der Waals surface area contributed by atoms with Crippen molar-refractivity contribution in [2.45, 2.75) is 42.2 Å². The fraction of sp³-hybridized carbons (Fsp3) is 0.333. The number of rotatable bonds is 9. The number of H-pyrrole nitrogens is 1. The molecule has 0 saturated heterocycles. The van der Waals surface area contributed by atoms with Gasteiger partial charge >= 0.3 is 0 Å². The van der Waals surface area contributed by atoms with Crippen LogP contribution in [-0.2, 0) is 11.2 Å². The molecule has 7 heteroatoms. The van der Waals surface area contributed by atoms with E-state index in [1.165, 1.54) is 0 Å². The van der Waals surface area contributed by atoms with Crippen molar-refractivity contribution < 1.29 is 9.84 Å². The molecule has 1 atom stereocenters. The first kappa shape index (κ1) is 20.9. The van der Waals surface area contributed by atoms with E-state index in [1.54, 1.807) is 18.0 Å². The van der Waals surface area contributed by atoms with Crippen LogP contribution in [0.1, 0.15) is 43.1 Å². The molecule has 0 fully saturated rings. The van der Waals surface area contributed by atoms with Crippen LogP contribution in [-0.4, -0.2) is 33.3 Å². The molecule has 2 N–H and O–H groups in total. The number of aromatic nitrogens is 3. The van der Waals surface area contributed by atoms with Crippen LogP contribution >= 0.6 is 23.4 Å². The maximum absolute atomic E-state index is 9.21. The number of ether oxygens (including phenoxy) is 1. The zero-order valence-corrected chi connectivity index (χ0v) is 17.5. The lowest BCUT2D eigenvalue weighted by atomic mass is 10.1. The average molecular weight is 418 g/mol. The topological polar surface area (TPSA) is 71.0 Å². The lowest BCUT2D eigenvalue weighted by Gasteiger charge is -2.15. The van der Waals surface area contributed by atoms with Gasteiger partial charge in [0, 0.05) is 28.2 Å². The summed E-state index contributed by atoms with van der Waals surface area (Å²) in [7, 11) is 0. The Balaban J connectivity index is 1.89. The molecular weight excluding hydrogens is 394 g/mol. The standard InChI is InChI=1S/C21H24ClN3O2S/c1-14(2)19-21(28-17-8-5-6-15(22)12-17)25-20(24-19)18(27-11-10-26)13-16-7-3-4-9-23-16/h3-9,12,14,18,26H,10-11,13H2,1-2H3,(H,24,25). The summed E-state index contributed by atoms with van der Waals surface area (Å²) in [4.78, 5) is 13.7. The summed E-state index contributed by atoms with van der Waals surface area (Å²) in [5.41, 5.74) is 1.90. The molecule has 0 aliphatic heterocycles. The van der Waals surface area contributed by atoms with Crippen molar-refractivity contribution >= 4 is 23.4 Å². The Hall–Kier alpha value is -1.86. The number of imidazole rings is 1. The summed E-state index contributed by atoms with van der Waals surface area (Å²) in [5.74, 6) is 0.993. The van der Waals surface area contributed by atoms with E-state index in [1.807, 2.05) is 42.5 Å². The van der Waals surface area contributed by atoms with Gasteiger partial charge < -0.3 is 14.8 Å². The smallest absolute Gasteiger partial charge is 0.136 e. The predicted octanol–water partition coefficient (Wildman–Crippen LogP) is 5.03. The van der Waals surface area contributed by atoms with Gasteiger partial charge in [-0.25, -0.2) is 4.98 Å². The van der Waals surface area contributed by atoms with E-state index in [4.69, 9.17) is 21.3 Å². The summed E-state index contributed by atoms with van der Waals surface area (Å²) in [6, 6.07) is 13.6. The molecule has 0 saturated carbocycles. The van der Waals surface area contributed by atoms with Crippen LogP contribution in [0.5, 0.6) is 0 Å². The first-order valence-corrected chi connectivity index (χ1v) is 10.4. The van der Waals surface area contributed by atoms with Crippen molar-refractivity contribution in [3.8, 4) is 0 Å². The van der Waals surface area contributed by atoms with Crippen LogP contribution in [0, 0.1) is 0 Å². The first-order chi connectivity index (χ1) is 13.6. The third-order valence-electron chi connectivity index (χ3n) is 4.11. The molecule has 148 valence electrons. The number of pyridine rings is 1. The molecule has 0 aliphatic carbocycles. The summed E-state index contributed by atoms with van der Waals surface area (Å²) in [6.07, 6.45) is 2.03. The highest BCUT2D eigenvalue weighted by Gasteiger charge is 2.22. The van der Waals surface area contributed by atoms with Crippen molar-refractivity contribution in [3.63, 3.8) is 0 Å². The van der Waals surface area contributed by atoms with Gasteiger partial charge in [0.05, 0.1) is 18.9 Å². The maximum Gasteiger partial charge on any atom is 0.136 e. The van der Waals surface area contributed by atoms with E-state index < -0.39 is 0 Å². The van der Waals surface area contributed by atoms with E-state index >= 15 is 0 Å². The van der Waals surface area contributed by atoms with Crippen LogP contribution in [0.3, 0.4) is 0 Å². The van der Waals surface area contributed by atoms with Gasteiger partial charge in [-0.15, -0.1) is 0 Å². The van der Waals surface area contributed by atoms with E-state index in [0.29, 0.717) is 11.4 Å². The Kier molecular flexibility index (Phi) is 7.50. The largest absolute Gasteiger partial charge is 0.394 e. The van der Waals surface area contributed by atoms with Gasteiger partial charge in [0.1, 0.15) is 17.0 Å². The summed E-state index contributed by atoms with van der Waals surface area (Å²) in [5, 5.41) is 10.9. The third-order valence-corrected chi connectivity index (χ3v) is 5.35. The minimum absolute atomic E-state index is 0.0411. The number of hydrogen-bond acceptors (Lipinski definition) is 5. The minimum atomic E-state index is -0.312. The minimum Gasteiger partial charge on any atom is -0.394 e. The van der Waals surface area contributed by atoms with Crippen molar-refractivity contribution in [3.05, 3.63) is 70.9 Å². The number of benzene rings is 1. The number of hydrogen-bond donors (Lipinski definition) is 2. The highest BCUT2D eigenvalue weighted by atomic mass is 35.5. The molecule has 28 heavy (non-hydrogen) atoms. The van der Waals surface area contributed by atoms with Gasteiger partial charge in [0.2, 0.25) is 0 Å². The highest BCUT2D eigenvalue weighted by Crippen LogP contribution is 2.35. The quantitative estimate of drug-likeness (QED) is 0.511. The number of nitrogens with one attached hydrogen (secondary N) is 1. The molecule has 5 nitrogen and oxygen atoms in total. The fourth-order valence-corrected chi connectivity index (χ4v) is 4.16. The second kappa shape index (κ2) is 10.1. The van der Waals surface area contributed by atoms with Crippen molar-refractivity contribution in [1.29, 1.82) is 0 Å². The number of aliphatic hydroxyl groups is 1. The average Bonchev–Trinajstić information content (AvgIpc) is 3.10. The lowest BCUT2D eigenvalue weighted by molar-refractivity contribution is 0.0229. The summed E-state index contributed by atoms with van der Waals surface area (Å²) >= 11 is 7.73. The Morgan fingerprint density at radius 2 is 2.07 bits per heavy atom.